The van der Waals surface area contributed by atoms with Crippen LogP contribution in [-0.4, -0.2) is 10.7 Å². The molecule has 0 N–H and O–H groups in total. The molecule has 0 aliphatic heterocycles. The normalized spacial score (nSPS) is 8.14. The standard InChI is InChI=1S/C5H8O.W/c1-3-5-6-4-2;/h3H,1,4H2,2H3;. The molecule has 0 heterocycles. The molecule has 0 spiro atoms. The van der Waals surface area contributed by atoms with E-state index in [2.05, 4.69) is 6.58 Å². The quantitative estimate of drug-likeness (QED) is 0.738. The molecule has 0 unspecified atom stereocenters. The third kappa shape index (κ3) is 4.10. The third-order valence-corrected chi connectivity index (χ3v) is 1.48. The maximum atomic E-state index is 5.03. The molecule has 0 aromatic rings. The van der Waals surface area contributed by atoms with Crippen LogP contribution in [0.3, 0.4) is 0 Å². The van der Waals surface area contributed by atoms with E-state index in [1.807, 2.05) is 6.92 Å². The van der Waals surface area contributed by atoms with Crippen LogP contribution in [0.15, 0.2) is 12.7 Å². The van der Waals surface area contributed by atoms with Gasteiger partial charge < -0.3 is 0 Å². The Hall–Kier alpha value is 0.258. The van der Waals surface area contributed by atoms with Gasteiger partial charge in [-0.1, -0.05) is 0 Å². The van der Waals surface area contributed by atoms with Crippen molar-refractivity contribution in [2.45, 2.75) is 6.92 Å². The Labute approximate surface area is 54.8 Å². The number of rotatable bonds is 3. The van der Waals surface area contributed by atoms with Gasteiger partial charge >= 0.3 is 54.4 Å². The summed E-state index contributed by atoms with van der Waals surface area (Å²) in [6, 6.07) is 0. The van der Waals surface area contributed by atoms with Crippen LogP contribution in [-0.2, 0) is 24.1 Å². The molecule has 0 bridgehead atoms. The van der Waals surface area contributed by atoms with Gasteiger partial charge in [-0.2, -0.15) is 0 Å². The fourth-order valence-electron chi connectivity index (χ4n) is 0.201. The predicted octanol–water partition coefficient (Wildman–Crippen LogP) is 0.886. The first-order chi connectivity index (χ1) is 3.31. The topological polar surface area (TPSA) is 9.23 Å². The molecule has 0 saturated heterocycles. The number of hydrogen-bond acceptors (Lipinski definition) is 1. The van der Waals surface area contributed by atoms with E-state index in [0.29, 0.717) is 0 Å². The first-order valence-corrected chi connectivity index (χ1v) is 3.57. The van der Waals surface area contributed by atoms with Crippen molar-refractivity contribution in [1.29, 1.82) is 0 Å². The molecule has 0 saturated carbocycles. The molecule has 7 heavy (non-hydrogen) atoms. The summed E-state index contributed by atoms with van der Waals surface area (Å²) in [5.41, 5.74) is 0. The maximum absolute atomic E-state index is 5.03. The van der Waals surface area contributed by atoms with Crippen LogP contribution >= 0.6 is 0 Å². The van der Waals surface area contributed by atoms with Crippen LogP contribution in [0.2, 0.25) is 0 Å². The Morgan fingerprint density at radius 3 is 2.71 bits per heavy atom. The van der Waals surface area contributed by atoms with E-state index in [1.54, 1.807) is 6.08 Å². The van der Waals surface area contributed by atoms with Gasteiger partial charge in [-0.3, -0.25) is 0 Å². The zero-order chi connectivity index (χ0) is 5.70. The Kier molecular flexibility index (Phi) is 4.58. The van der Waals surface area contributed by atoms with E-state index in [9.17, 15) is 0 Å². The molecule has 0 atom stereocenters. The molecule has 0 aliphatic rings. The SMILES string of the molecule is C=C[C](=[W])OCC. The van der Waals surface area contributed by atoms with Crippen molar-refractivity contribution in [1.82, 2.24) is 0 Å². The first-order valence-electron chi connectivity index (χ1n) is 2.10. The molecule has 0 rings (SSSR count). The van der Waals surface area contributed by atoms with Gasteiger partial charge in [0, 0.05) is 0 Å². The average molecular weight is 268 g/mol. The van der Waals surface area contributed by atoms with Gasteiger partial charge in [0.25, 0.3) is 0 Å². The van der Waals surface area contributed by atoms with Crippen molar-refractivity contribution >= 4 is 4.08 Å². The summed E-state index contributed by atoms with van der Waals surface area (Å²) in [6.45, 7) is 6.26. The molecule has 0 amide bonds. The Morgan fingerprint density at radius 1 is 2.00 bits per heavy atom. The summed E-state index contributed by atoms with van der Waals surface area (Å²) >= 11 is 1.34. The molecule has 0 radical (unpaired) electrons. The van der Waals surface area contributed by atoms with Gasteiger partial charge in [0.15, 0.2) is 0 Å². The van der Waals surface area contributed by atoms with Gasteiger partial charge in [-0.05, 0) is 0 Å². The van der Waals surface area contributed by atoms with Gasteiger partial charge in [0.05, 0.1) is 0 Å². The molecule has 2 heteroatoms. The van der Waals surface area contributed by atoms with E-state index in [1.165, 1.54) is 19.4 Å². The van der Waals surface area contributed by atoms with Crippen LogP contribution in [0, 0.1) is 0 Å². The molecule has 0 aromatic carbocycles. The van der Waals surface area contributed by atoms with Gasteiger partial charge in [0.2, 0.25) is 0 Å². The third-order valence-electron chi connectivity index (χ3n) is 0.453. The van der Waals surface area contributed by atoms with Crippen LogP contribution < -0.4 is 0 Å². The van der Waals surface area contributed by atoms with E-state index < -0.39 is 0 Å². The summed E-state index contributed by atoms with van der Waals surface area (Å²) in [5, 5.41) is 0. The van der Waals surface area contributed by atoms with Crippen molar-refractivity contribution < 1.29 is 24.1 Å². The van der Waals surface area contributed by atoms with Gasteiger partial charge in [-0.15, -0.1) is 0 Å². The zero-order valence-electron chi connectivity index (χ0n) is 4.31. The van der Waals surface area contributed by atoms with Crippen LogP contribution in [0.5, 0.6) is 0 Å². The Bertz CT molecular complexity index is 78.1. The van der Waals surface area contributed by atoms with Gasteiger partial charge in [0.1, 0.15) is 0 Å². The molecular weight excluding hydrogens is 260 g/mol. The van der Waals surface area contributed by atoms with Crippen LogP contribution in [0.25, 0.3) is 0 Å². The minimum absolute atomic E-state index is 0.755. The Morgan fingerprint density at radius 2 is 2.57 bits per heavy atom. The molecular formula is C5H8OW. The van der Waals surface area contributed by atoms with E-state index >= 15 is 0 Å². The van der Waals surface area contributed by atoms with Crippen molar-refractivity contribution in [2.24, 2.45) is 0 Å². The van der Waals surface area contributed by atoms with Gasteiger partial charge in [-0.25, -0.2) is 0 Å². The minimum atomic E-state index is 0.755. The van der Waals surface area contributed by atoms with Crippen molar-refractivity contribution in [3.63, 3.8) is 0 Å². The monoisotopic (exact) mass is 268 g/mol. The molecule has 0 aliphatic carbocycles. The Balaban J connectivity index is 3.17. The summed E-state index contributed by atoms with van der Waals surface area (Å²) in [7, 11) is 0. The molecule has 0 fully saturated rings. The second kappa shape index (κ2) is 4.42. The summed E-state index contributed by atoms with van der Waals surface area (Å²) < 4.78 is 6.00. The fourth-order valence-corrected chi connectivity index (χ4v) is 0.625. The summed E-state index contributed by atoms with van der Waals surface area (Å²) in [4.78, 5) is 0. The first kappa shape index (κ1) is 7.26. The zero-order valence-corrected chi connectivity index (χ0v) is 7.24. The van der Waals surface area contributed by atoms with Crippen molar-refractivity contribution in [3.8, 4) is 0 Å². The fraction of sp³-hybridized carbons (Fsp3) is 0.400. The van der Waals surface area contributed by atoms with Crippen LogP contribution in [0.4, 0.5) is 0 Å². The van der Waals surface area contributed by atoms with E-state index in [4.69, 9.17) is 4.74 Å². The molecule has 0 aromatic heterocycles. The molecule has 40 valence electrons. The second-order valence-electron chi connectivity index (χ2n) is 0.956. The summed E-state index contributed by atoms with van der Waals surface area (Å²) in [6.07, 6.45) is 1.73. The second-order valence-corrected chi connectivity index (χ2v) is 2.40. The van der Waals surface area contributed by atoms with Crippen molar-refractivity contribution in [2.75, 3.05) is 6.61 Å². The predicted molar refractivity (Wildman–Crippen MR) is 26.8 cm³/mol. The van der Waals surface area contributed by atoms with E-state index in [0.717, 1.165) is 10.7 Å². The molecule has 1 nitrogen and oxygen atoms in total. The van der Waals surface area contributed by atoms with E-state index in [-0.39, 0.29) is 0 Å². The summed E-state index contributed by atoms with van der Waals surface area (Å²) in [5.74, 6) is 0. The average Bonchev–Trinajstić information content (AvgIpc) is 1.68. The van der Waals surface area contributed by atoms with Crippen molar-refractivity contribution in [3.05, 3.63) is 12.7 Å². The number of ether oxygens (including phenoxy) is 1. The van der Waals surface area contributed by atoms with Crippen LogP contribution in [0.1, 0.15) is 6.92 Å². The number of hydrogen-bond donors (Lipinski definition) is 0.